The molecule has 7 heteroatoms. The largest absolute Gasteiger partial charge is 0.464 e. The Morgan fingerprint density at radius 2 is 1.89 bits per heavy atom. The number of esters is 2. The van der Waals surface area contributed by atoms with Crippen LogP contribution in [0.1, 0.15) is 74.8 Å². The van der Waals surface area contributed by atoms with Gasteiger partial charge in [-0.05, 0) is 73.2 Å². The van der Waals surface area contributed by atoms with Crippen LogP contribution in [-0.4, -0.2) is 34.2 Å². The lowest BCUT2D eigenvalue weighted by Gasteiger charge is -2.22. The van der Waals surface area contributed by atoms with Crippen molar-refractivity contribution in [1.29, 1.82) is 0 Å². The summed E-state index contributed by atoms with van der Waals surface area (Å²) in [5, 5.41) is 0.968. The maximum Gasteiger partial charge on any atom is 0.356 e. The van der Waals surface area contributed by atoms with Gasteiger partial charge in [0.25, 0.3) is 0 Å². The number of rotatable bonds is 4. The molecule has 152 valence electrons. The van der Waals surface area contributed by atoms with E-state index in [9.17, 15) is 9.59 Å². The third-order valence-electron chi connectivity index (χ3n) is 5.00. The molecule has 0 saturated heterocycles. The second-order valence-electron chi connectivity index (χ2n) is 8.27. The molecule has 0 unspecified atom stereocenters. The highest BCUT2D eigenvalue weighted by Gasteiger charge is 2.27. The molecule has 1 fully saturated rings. The van der Waals surface area contributed by atoms with E-state index in [-0.39, 0.29) is 18.2 Å². The normalized spacial score (nSPS) is 15.6. The molecular formula is C21H27BrN2O4. The van der Waals surface area contributed by atoms with Gasteiger partial charge in [0.15, 0.2) is 5.69 Å². The number of ether oxygens (including phenoxy) is 2. The third kappa shape index (κ3) is 4.40. The molecule has 0 aliphatic heterocycles. The van der Waals surface area contributed by atoms with E-state index in [1.54, 1.807) is 10.6 Å². The van der Waals surface area contributed by atoms with Crippen LogP contribution in [0.15, 0.2) is 16.7 Å². The smallest absolute Gasteiger partial charge is 0.356 e. The molecule has 2 aromatic rings. The van der Waals surface area contributed by atoms with Crippen LogP contribution in [0, 0.1) is 0 Å². The van der Waals surface area contributed by atoms with Crippen LogP contribution in [0.25, 0.3) is 11.0 Å². The minimum Gasteiger partial charge on any atom is -0.464 e. The number of carbonyl (C=O) groups excluding carboxylic acids is 2. The first-order chi connectivity index (χ1) is 13.2. The SMILES string of the molecule is COC(=O)c1ccc2c(C3CCCCC3)c(Br)n(CC(=O)OC(C)(C)C)c2n1. The monoisotopic (exact) mass is 450 g/mol. The highest BCUT2D eigenvalue weighted by molar-refractivity contribution is 9.10. The second-order valence-corrected chi connectivity index (χ2v) is 9.02. The lowest BCUT2D eigenvalue weighted by molar-refractivity contribution is -0.155. The quantitative estimate of drug-likeness (QED) is 0.614. The van der Waals surface area contributed by atoms with Gasteiger partial charge >= 0.3 is 11.9 Å². The molecule has 2 aromatic heterocycles. The molecule has 0 aromatic carbocycles. The highest BCUT2D eigenvalue weighted by Crippen LogP contribution is 2.42. The fourth-order valence-electron chi connectivity index (χ4n) is 3.86. The molecule has 1 saturated carbocycles. The minimum atomic E-state index is -0.566. The van der Waals surface area contributed by atoms with Gasteiger partial charge in [-0.15, -0.1) is 0 Å². The van der Waals surface area contributed by atoms with Crippen molar-refractivity contribution in [1.82, 2.24) is 9.55 Å². The van der Waals surface area contributed by atoms with E-state index in [2.05, 4.69) is 20.9 Å². The maximum atomic E-state index is 12.5. The van der Waals surface area contributed by atoms with Crippen LogP contribution in [0.2, 0.25) is 0 Å². The average molecular weight is 451 g/mol. The molecule has 28 heavy (non-hydrogen) atoms. The van der Waals surface area contributed by atoms with E-state index in [0.29, 0.717) is 11.6 Å². The predicted octanol–water partition coefficient (Wildman–Crippen LogP) is 4.97. The fourth-order valence-corrected chi connectivity index (χ4v) is 4.69. The molecule has 0 radical (unpaired) electrons. The van der Waals surface area contributed by atoms with Gasteiger partial charge in [-0.3, -0.25) is 4.79 Å². The number of carbonyl (C=O) groups is 2. The zero-order valence-electron chi connectivity index (χ0n) is 16.9. The van der Waals surface area contributed by atoms with Gasteiger partial charge in [0.2, 0.25) is 0 Å². The Morgan fingerprint density at radius 3 is 2.50 bits per heavy atom. The summed E-state index contributed by atoms with van der Waals surface area (Å²) in [5.41, 5.74) is 1.42. The highest BCUT2D eigenvalue weighted by atomic mass is 79.9. The van der Waals surface area contributed by atoms with E-state index in [1.807, 2.05) is 26.8 Å². The summed E-state index contributed by atoms with van der Waals surface area (Å²) < 4.78 is 13.0. The van der Waals surface area contributed by atoms with E-state index < -0.39 is 11.6 Å². The Hall–Kier alpha value is -1.89. The molecule has 1 aliphatic rings. The second kappa shape index (κ2) is 8.23. The maximum absolute atomic E-state index is 12.5. The first kappa shape index (κ1) is 20.8. The van der Waals surface area contributed by atoms with Gasteiger partial charge in [-0.1, -0.05) is 19.3 Å². The Morgan fingerprint density at radius 1 is 1.21 bits per heavy atom. The molecule has 0 bridgehead atoms. The Bertz CT molecular complexity index is 892. The van der Waals surface area contributed by atoms with E-state index in [4.69, 9.17) is 9.47 Å². The standard InChI is InChI=1S/C21H27BrN2O4/c1-21(2,3)28-16(25)12-24-18(22)17(13-8-6-5-7-9-13)14-10-11-15(20(26)27-4)23-19(14)24/h10-11,13H,5-9,12H2,1-4H3. The summed E-state index contributed by atoms with van der Waals surface area (Å²) >= 11 is 3.72. The number of methoxy groups -OCH3 is 1. The van der Waals surface area contributed by atoms with Gasteiger partial charge in [0.05, 0.1) is 11.7 Å². The van der Waals surface area contributed by atoms with Crippen molar-refractivity contribution in [3.05, 3.63) is 28.0 Å². The van der Waals surface area contributed by atoms with Crippen molar-refractivity contribution in [2.45, 2.75) is 70.9 Å². The number of hydrogen-bond acceptors (Lipinski definition) is 5. The number of hydrogen-bond donors (Lipinski definition) is 0. The summed E-state index contributed by atoms with van der Waals surface area (Å²) in [4.78, 5) is 29.0. The van der Waals surface area contributed by atoms with Gasteiger partial charge in [0.1, 0.15) is 17.8 Å². The van der Waals surface area contributed by atoms with Gasteiger partial charge in [-0.25, -0.2) is 9.78 Å². The molecule has 0 N–H and O–H groups in total. The number of nitrogens with zero attached hydrogens (tertiary/aromatic N) is 2. The number of aromatic nitrogens is 2. The van der Waals surface area contributed by atoms with Gasteiger partial charge in [-0.2, -0.15) is 0 Å². The van der Waals surface area contributed by atoms with Gasteiger partial charge in [0, 0.05) is 5.39 Å². The van der Waals surface area contributed by atoms with Crippen LogP contribution >= 0.6 is 15.9 Å². The van der Waals surface area contributed by atoms with Crippen molar-refractivity contribution >= 4 is 38.9 Å². The minimum absolute atomic E-state index is 0.0265. The Balaban J connectivity index is 2.09. The zero-order valence-corrected chi connectivity index (χ0v) is 18.5. The van der Waals surface area contributed by atoms with Crippen molar-refractivity contribution in [2.24, 2.45) is 0 Å². The van der Waals surface area contributed by atoms with E-state index in [0.717, 1.165) is 22.8 Å². The van der Waals surface area contributed by atoms with E-state index >= 15 is 0 Å². The summed E-state index contributed by atoms with van der Waals surface area (Å²) in [6.45, 7) is 5.55. The lowest BCUT2D eigenvalue weighted by Crippen LogP contribution is -2.26. The van der Waals surface area contributed by atoms with Crippen LogP contribution in [-0.2, 0) is 20.8 Å². The first-order valence-electron chi connectivity index (χ1n) is 9.70. The third-order valence-corrected chi connectivity index (χ3v) is 5.85. The molecule has 1 aliphatic carbocycles. The predicted molar refractivity (Wildman–Crippen MR) is 110 cm³/mol. The topological polar surface area (TPSA) is 70.4 Å². The summed E-state index contributed by atoms with van der Waals surface area (Å²) in [6.07, 6.45) is 5.88. The van der Waals surface area contributed by atoms with Crippen molar-refractivity contribution in [3.8, 4) is 0 Å². The van der Waals surface area contributed by atoms with Gasteiger partial charge < -0.3 is 14.0 Å². The van der Waals surface area contributed by atoms with Crippen molar-refractivity contribution in [3.63, 3.8) is 0 Å². The molecule has 6 nitrogen and oxygen atoms in total. The lowest BCUT2D eigenvalue weighted by atomic mass is 9.84. The van der Waals surface area contributed by atoms with Crippen LogP contribution < -0.4 is 0 Å². The molecule has 2 heterocycles. The van der Waals surface area contributed by atoms with Crippen LogP contribution in [0.3, 0.4) is 0 Å². The summed E-state index contributed by atoms with van der Waals surface area (Å²) in [6, 6.07) is 3.60. The number of halogens is 1. The molecule has 0 atom stereocenters. The van der Waals surface area contributed by atoms with Crippen LogP contribution in [0.4, 0.5) is 0 Å². The Labute approximate surface area is 173 Å². The zero-order chi connectivity index (χ0) is 20.5. The Kier molecular flexibility index (Phi) is 6.12. The summed E-state index contributed by atoms with van der Waals surface area (Å²) in [5.74, 6) is -0.427. The molecule has 0 amide bonds. The number of fused-ring (bicyclic) bond motifs is 1. The van der Waals surface area contributed by atoms with Crippen molar-refractivity contribution in [2.75, 3.05) is 7.11 Å². The average Bonchev–Trinajstić information content (AvgIpc) is 2.91. The first-order valence-corrected chi connectivity index (χ1v) is 10.5. The molecule has 3 rings (SSSR count). The fraction of sp³-hybridized carbons (Fsp3) is 0.571. The van der Waals surface area contributed by atoms with E-state index in [1.165, 1.54) is 31.9 Å². The molecule has 0 spiro atoms. The van der Waals surface area contributed by atoms with Crippen LogP contribution in [0.5, 0.6) is 0 Å². The number of pyridine rings is 1. The van der Waals surface area contributed by atoms with Crippen molar-refractivity contribution < 1.29 is 19.1 Å². The summed E-state index contributed by atoms with van der Waals surface area (Å²) in [7, 11) is 1.33. The molecular weight excluding hydrogens is 424 g/mol.